The number of aryl methyl sites for hydroxylation is 3. The first kappa shape index (κ1) is 44.1. The van der Waals surface area contributed by atoms with Gasteiger partial charge in [-0.15, -0.1) is 21.5 Å². The molecule has 0 spiro atoms. The lowest BCUT2D eigenvalue weighted by Crippen LogP contribution is -2.15. The number of nitrogens with one attached hydrogen (secondary N) is 1. The number of benzene rings is 3. The molecule has 0 fully saturated rings. The molecule has 1 N–H and O–H groups in total. The van der Waals surface area contributed by atoms with Crippen molar-refractivity contribution in [2.45, 2.75) is 59.4 Å². The van der Waals surface area contributed by atoms with Gasteiger partial charge in [-0.2, -0.15) is 0 Å². The molecular formula is C49H51ClN6O6S. The van der Waals surface area contributed by atoms with Crippen LogP contribution in [0.2, 0.25) is 5.02 Å². The largest absolute Gasteiger partial charge is 0.491 e. The number of rotatable bonds is 20. The number of pyridine rings is 1. The number of carbonyl (C=O) groups is 2. The lowest BCUT2D eigenvalue weighted by atomic mass is 9.99. The molecular weight excluding hydrogens is 836 g/mol. The molecule has 3 aromatic carbocycles. The molecule has 0 amide bonds. The molecule has 8 rings (SSSR count). The number of ether oxygens (including phenoxy) is 4. The van der Waals surface area contributed by atoms with Crippen molar-refractivity contribution in [1.29, 1.82) is 0 Å². The Labute approximate surface area is 376 Å². The molecule has 0 bridgehead atoms. The third-order valence-electron chi connectivity index (χ3n) is 11.3. The molecule has 63 heavy (non-hydrogen) atoms. The van der Waals surface area contributed by atoms with Gasteiger partial charge in [0.05, 0.1) is 45.4 Å². The van der Waals surface area contributed by atoms with Gasteiger partial charge in [-0.25, -0.2) is 4.98 Å². The molecule has 0 unspecified atom stereocenters. The molecule has 0 saturated heterocycles. The summed E-state index contributed by atoms with van der Waals surface area (Å²) in [5.41, 5.74) is 10.2. The zero-order chi connectivity index (χ0) is 43.9. The van der Waals surface area contributed by atoms with Gasteiger partial charge in [-0.1, -0.05) is 54.1 Å². The summed E-state index contributed by atoms with van der Waals surface area (Å²) in [4.78, 5) is 36.6. The summed E-state index contributed by atoms with van der Waals surface area (Å²) in [5.74, 6) is 3.26. The maximum Gasteiger partial charge on any atom is 0.163 e. The molecule has 14 heteroatoms. The average Bonchev–Trinajstić information content (AvgIpc) is 3.91. The number of halogens is 1. The van der Waals surface area contributed by atoms with E-state index in [1.54, 1.807) is 11.3 Å². The van der Waals surface area contributed by atoms with Gasteiger partial charge in [0.25, 0.3) is 0 Å². The Morgan fingerprint density at radius 3 is 2.25 bits per heavy atom. The highest BCUT2D eigenvalue weighted by atomic mass is 35.5. The van der Waals surface area contributed by atoms with Crippen LogP contribution in [0, 0.1) is 27.7 Å². The smallest absolute Gasteiger partial charge is 0.163 e. The number of fused-ring (bicyclic) bond motifs is 4. The average molecular weight is 888 g/mol. The Hall–Kier alpha value is -5.57. The second-order valence-electron chi connectivity index (χ2n) is 15.8. The number of hydrogen-bond donors (Lipinski definition) is 1. The second kappa shape index (κ2) is 20.3. The number of Topliss-reactive ketones (excluding diaryl/α,β-unsaturated/α-hetero) is 2. The predicted octanol–water partition coefficient (Wildman–Crippen LogP) is 8.58. The Bertz CT molecular complexity index is 2620. The fourth-order valence-corrected chi connectivity index (χ4v) is 9.29. The van der Waals surface area contributed by atoms with Gasteiger partial charge in [-0.3, -0.25) is 19.1 Å². The van der Waals surface area contributed by atoms with Crippen molar-refractivity contribution >= 4 is 46.0 Å². The first-order valence-electron chi connectivity index (χ1n) is 21.3. The Kier molecular flexibility index (Phi) is 14.2. The lowest BCUT2D eigenvalue weighted by molar-refractivity contribution is -0.119. The Balaban J connectivity index is 0.708. The number of anilines is 1. The monoisotopic (exact) mass is 886 g/mol. The van der Waals surface area contributed by atoms with Crippen molar-refractivity contribution in [3.63, 3.8) is 0 Å². The Morgan fingerprint density at radius 1 is 0.810 bits per heavy atom. The van der Waals surface area contributed by atoms with Gasteiger partial charge >= 0.3 is 0 Å². The second-order valence-corrected chi connectivity index (χ2v) is 17.4. The highest BCUT2D eigenvalue weighted by Crippen LogP contribution is 2.40. The van der Waals surface area contributed by atoms with Crippen LogP contribution < -0.4 is 10.1 Å². The van der Waals surface area contributed by atoms with Gasteiger partial charge in [-0.05, 0) is 91.9 Å². The highest BCUT2D eigenvalue weighted by molar-refractivity contribution is 7.15. The van der Waals surface area contributed by atoms with Gasteiger partial charge in [0.2, 0.25) is 0 Å². The van der Waals surface area contributed by atoms with Crippen molar-refractivity contribution < 1.29 is 28.5 Å². The number of ketones is 2. The van der Waals surface area contributed by atoms with Crippen molar-refractivity contribution in [2.24, 2.45) is 4.99 Å². The van der Waals surface area contributed by atoms with Crippen LogP contribution in [0.25, 0.3) is 16.1 Å². The van der Waals surface area contributed by atoms with Crippen LogP contribution in [-0.4, -0.2) is 89.8 Å². The van der Waals surface area contributed by atoms with Crippen molar-refractivity contribution in [2.75, 3.05) is 58.1 Å². The maximum absolute atomic E-state index is 13.6. The normalized spacial score (nSPS) is 14.2. The minimum absolute atomic E-state index is 0.0516. The van der Waals surface area contributed by atoms with Gasteiger partial charge in [0, 0.05) is 64.5 Å². The van der Waals surface area contributed by atoms with E-state index in [0.29, 0.717) is 82.2 Å². The van der Waals surface area contributed by atoms with Crippen LogP contribution in [0.15, 0.2) is 83.9 Å². The maximum atomic E-state index is 13.6. The minimum atomic E-state index is -0.505. The van der Waals surface area contributed by atoms with Crippen molar-refractivity contribution in [3.05, 3.63) is 139 Å². The van der Waals surface area contributed by atoms with E-state index in [1.807, 2.05) is 68.4 Å². The van der Waals surface area contributed by atoms with Gasteiger partial charge in [0.1, 0.15) is 46.6 Å². The number of hydrogen-bond acceptors (Lipinski definition) is 12. The summed E-state index contributed by atoms with van der Waals surface area (Å²) in [6.45, 7) is 12.0. The molecule has 6 aromatic rings. The van der Waals surface area contributed by atoms with E-state index in [4.69, 9.17) is 40.5 Å². The number of carbonyl (C=O) groups excluding carboxylic acids is 2. The summed E-state index contributed by atoms with van der Waals surface area (Å²) >= 11 is 7.94. The summed E-state index contributed by atoms with van der Waals surface area (Å²) in [6.07, 6.45) is 1.51. The van der Waals surface area contributed by atoms with E-state index in [9.17, 15) is 9.59 Å². The zero-order valence-corrected chi connectivity index (χ0v) is 37.6. The zero-order valence-electron chi connectivity index (χ0n) is 36.0. The van der Waals surface area contributed by atoms with Crippen LogP contribution in [0.3, 0.4) is 0 Å². The van der Waals surface area contributed by atoms with E-state index < -0.39 is 6.04 Å². The molecule has 12 nitrogen and oxygen atoms in total. The number of thiophene rings is 1. The van der Waals surface area contributed by atoms with Gasteiger partial charge < -0.3 is 24.3 Å². The van der Waals surface area contributed by atoms with Crippen LogP contribution in [-0.2, 0) is 43.1 Å². The summed E-state index contributed by atoms with van der Waals surface area (Å²) in [5, 5.41) is 13.9. The first-order valence-corrected chi connectivity index (χ1v) is 22.5. The molecule has 1 aliphatic heterocycles. The molecule has 1 aliphatic carbocycles. The molecule has 3 aromatic heterocycles. The topological polar surface area (TPSA) is 139 Å². The van der Waals surface area contributed by atoms with E-state index in [-0.39, 0.29) is 24.4 Å². The summed E-state index contributed by atoms with van der Waals surface area (Å²) < 4.78 is 25.0. The van der Waals surface area contributed by atoms with Crippen molar-refractivity contribution in [3.8, 4) is 21.9 Å². The first-order chi connectivity index (χ1) is 30.6. The van der Waals surface area contributed by atoms with E-state index >= 15 is 0 Å². The fourth-order valence-electron chi connectivity index (χ4n) is 7.95. The highest BCUT2D eigenvalue weighted by Gasteiger charge is 2.32. The molecule has 326 valence electrons. The van der Waals surface area contributed by atoms with Crippen LogP contribution in [0.4, 0.5) is 5.82 Å². The fraction of sp³-hybridized carbons (Fsp3) is 0.347. The van der Waals surface area contributed by atoms with E-state index in [2.05, 4.69) is 58.2 Å². The lowest BCUT2D eigenvalue weighted by Gasteiger charge is -2.13. The van der Waals surface area contributed by atoms with Crippen LogP contribution in [0.1, 0.15) is 68.1 Å². The van der Waals surface area contributed by atoms with E-state index in [1.165, 1.54) is 4.88 Å². The molecule has 1 atom stereocenters. The third-order valence-corrected chi connectivity index (χ3v) is 12.7. The SMILES string of the molecule is Cc1nc(NCCOCCOCCOCCOc2ccc(CC(=O)C[C@@H]3N=C(c4ccc(Cl)cc4)c4c(sc(C)c4C)-n4c(C)nnc43)cc2)ccc1-c1ccc2c(c1)CC(=O)C2. The molecule has 0 radical (unpaired) electrons. The van der Waals surface area contributed by atoms with Crippen LogP contribution >= 0.6 is 22.9 Å². The quantitative estimate of drug-likeness (QED) is 0.0742. The summed E-state index contributed by atoms with van der Waals surface area (Å²) in [6, 6.07) is 25.1. The van der Waals surface area contributed by atoms with E-state index in [0.717, 1.165) is 72.6 Å². The predicted molar refractivity (Wildman–Crippen MR) is 246 cm³/mol. The Morgan fingerprint density at radius 2 is 1.51 bits per heavy atom. The molecule has 4 heterocycles. The standard InChI is InChI=1S/C49H51ClN6O6S/c1-30-32(3)63-49-46(30)47(35-9-11-39(50)12-10-35)53-44(48-55-54-33(4)56(48)49)29-40(57)25-34-5-13-42(14-6-34)62-24-23-61-22-21-60-20-19-59-18-17-51-45-16-15-43(31(2)52-45)37-8-7-36-27-41(58)28-38(36)26-37/h5-16,26,44H,17-25,27-29H2,1-4H3,(H,51,52)/t44-/m0/s1. The van der Waals surface area contributed by atoms with Crippen molar-refractivity contribution in [1.82, 2.24) is 19.7 Å². The summed E-state index contributed by atoms with van der Waals surface area (Å²) in [7, 11) is 0. The number of aliphatic imine (C=N–C) groups is 1. The molecule has 0 saturated carbocycles. The third kappa shape index (κ3) is 10.6. The minimum Gasteiger partial charge on any atom is -0.491 e. The van der Waals surface area contributed by atoms with Crippen LogP contribution in [0.5, 0.6) is 5.75 Å². The number of aromatic nitrogens is 4. The molecule has 2 aliphatic rings. The van der Waals surface area contributed by atoms with Gasteiger partial charge in [0.15, 0.2) is 5.82 Å². The number of nitrogens with zero attached hydrogens (tertiary/aromatic N) is 5.